The largest absolute Gasteiger partial charge is 0.397 e. The molecule has 1 atom stereocenters. The summed E-state index contributed by atoms with van der Waals surface area (Å²) < 4.78 is 0. The number of nitrogen functional groups attached to an aromatic ring is 1. The second-order valence-corrected chi connectivity index (χ2v) is 5.98. The number of benzene rings is 1. The van der Waals surface area contributed by atoms with Crippen molar-refractivity contribution in [3.63, 3.8) is 0 Å². The van der Waals surface area contributed by atoms with Gasteiger partial charge in [-0.15, -0.1) is 11.3 Å². The van der Waals surface area contributed by atoms with Crippen molar-refractivity contribution in [2.45, 2.75) is 20.0 Å². The van der Waals surface area contributed by atoms with Gasteiger partial charge in [-0.25, -0.2) is 4.98 Å². The fourth-order valence-corrected chi connectivity index (χ4v) is 3.71. The summed E-state index contributed by atoms with van der Waals surface area (Å²) in [5, 5.41) is 11.5. The Morgan fingerprint density at radius 2 is 1.90 bits per heavy atom. The average Bonchev–Trinajstić information content (AvgIpc) is 2.76. The van der Waals surface area contributed by atoms with Crippen LogP contribution in [0.4, 0.5) is 5.69 Å². The lowest BCUT2D eigenvalue weighted by molar-refractivity contribution is 0.225. The van der Waals surface area contributed by atoms with Crippen molar-refractivity contribution in [3.05, 3.63) is 58.1 Å². The number of nitrogens with two attached hydrogens (primary N) is 1. The summed E-state index contributed by atoms with van der Waals surface area (Å²) in [6, 6.07) is 11.6. The number of fused-ring (bicyclic) bond motifs is 1. The molecule has 0 saturated carbocycles. The monoisotopic (exact) mass is 284 g/mol. The summed E-state index contributed by atoms with van der Waals surface area (Å²) in [5.41, 5.74) is 9.80. The van der Waals surface area contributed by atoms with Crippen molar-refractivity contribution in [1.29, 1.82) is 0 Å². The van der Waals surface area contributed by atoms with Crippen LogP contribution in [-0.2, 0) is 0 Å². The molecule has 102 valence electrons. The molecule has 1 aromatic carbocycles. The van der Waals surface area contributed by atoms with Gasteiger partial charge in [0.1, 0.15) is 10.9 Å². The van der Waals surface area contributed by atoms with E-state index in [1.807, 2.05) is 50.2 Å². The maximum atomic E-state index is 10.5. The predicted molar refractivity (Wildman–Crippen MR) is 84.0 cm³/mol. The van der Waals surface area contributed by atoms with Crippen LogP contribution in [0.15, 0.2) is 36.4 Å². The fraction of sp³-hybridized carbons (Fsp3) is 0.188. The Balaban J connectivity index is 2.18. The van der Waals surface area contributed by atoms with Gasteiger partial charge in [0.2, 0.25) is 0 Å². The number of aryl methyl sites for hydroxylation is 2. The highest BCUT2D eigenvalue weighted by Gasteiger charge is 2.20. The van der Waals surface area contributed by atoms with Gasteiger partial charge in [-0.3, -0.25) is 0 Å². The number of hydrogen-bond acceptors (Lipinski definition) is 4. The molecule has 0 bridgehead atoms. The van der Waals surface area contributed by atoms with Crippen LogP contribution in [-0.4, -0.2) is 10.1 Å². The van der Waals surface area contributed by atoms with Crippen molar-refractivity contribution >= 4 is 27.2 Å². The quantitative estimate of drug-likeness (QED) is 0.756. The second-order valence-electron chi connectivity index (χ2n) is 4.95. The molecular weight excluding hydrogens is 268 g/mol. The van der Waals surface area contributed by atoms with E-state index in [4.69, 9.17) is 5.73 Å². The number of anilines is 1. The van der Waals surface area contributed by atoms with Crippen LogP contribution in [0.2, 0.25) is 0 Å². The van der Waals surface area contributed by atoms with E-state index in [2.05, 4.69) is 4.98 Å². The molecule has 2 heterocycles. The summed E-state index contributed by atoms with van der Waals surface area (Å²) in [4.78, 5) is 6.19. The third kappa shape index (κ3) is 2.07. The third-order valence-corrected chi connectivity index (χ3v) is 4.57. The Labute approximate surface area is 121 Å². The maximum Gasteiger partial charge on any atom is 0.126 e. The van der Waals surface area contributed by atoms with Crippen LogP contribution in [0.25, 0.3) is 10.2 Å². The van der Waals surface area contributed by atoms with Gasteiger partial charge in [-0.2, -0.15) is 0 Å². The molecule has 0 spiro atoms. The Morgan fingerprint density at radius 1 is 1.20 bits per heavy atom. The number of thiophene rings is 1. The molecule has 4 heteroatoms. The zero-order chi connectivity index (χ0) is 14.3. The van der Waals surface area contributed by atoms with Crippen LogP contribution in [0.1, 0.15) is 27.8 Å². The van der Waals surface area contributed by atoms with E-state index in [0.29, 0.717) is 5.69 Å². The molecule has 0 unspecified atom stereocenters. The van der Waals surface area contributed by atoms with Crippen LogP contribution >= 0.6 is 11.3 Å². The second kappa shape index (κ2) is 4.89. The first kappa shape index (κ1) is 13.1. The lowest BCUT2D eigenvalue weighted by Crippen LogP contribution is -2.00. The minimum Gasteiger partial charge on any atom is -0.397 e. The maximum absolute atomic E-state index is 10.5. The van der Waals surface area contributed by atoms with E-state index < -0.39 is 6.10 Å². The van der Waals surface area contributed by atoms with Crippen LogP contribution in [0, 0.1) is 13.8 Å². The fourth-order valence-electron chi connectivity index (χ4n) is 2.48. The third-order valence-electron chi connectivity index (χ3n) is 3.42. The smallest absolute Gasteiger partial charge is 0.126 e. The van der Waals surface area contributed by atoms with Crippen molar-refractivity contribution in [1.82, 2.24) is 4.98 Å². The Kier molecular flexibility index (Phi) is 3.20. The number of aromatic nitrogens is 1. The number of aliphatic hydroxyl groups excluding tert-OH is 1. The van der Waals surface area contributed by atoms with Crippen LogP contribution in [0.5, 0.6) is 0 Å². The molecule has 0 aliphatic carbocycles. The number of hydrogen-bond donors (Lipinski definition) is 2. The summed E-state index contributed by atoms with van der Waals surface area (Å²) >= 11 is 1.47. The highest BCUT2D eigenvalue weighted by atomic mass is 32.1. The van der Waals surface area contributed by atoms with Gasteiger partial charge in [0.25, 0.3) is 0 Å². The normalized spacial score (nSPS) is 12.8. The highest BCUT2D eigenvalue weighted by molar-refractivity contribution is 7.19. The van der Waals surface area contributed by atoms with Crippen molar-refractivity contribution in [3.8, 4) is 0 Å². The standard InChI is InChI=1S/C16H16N2OS/c1-9-8-10(2)18-16-12(9)13(17)15(20-16)14(19)11-6-4-3-5-7-11/h3-8,14,19H,17H2,1-2H3/t14-/m0/s1. The lowest BCUT2D eigenvalue weighted by Gasteiger charge is -2.09. The number of nitrogens with zero attached hydrogens (tertiary/aromatic N) is 1. The van der Waals surface area contributed by atoms with E-state index in [1.165, 1.54) is 11.3 Å². The average molecular weight is 284 g/mol. The summed E-state index contributed by atoms with van der Waals surface area (Å²) in [6.45, 7) is 3.99. The van der Waals surface area contributed by atoms with E-state index in [1.54, 1.807) is 0 Å². The summed E-state index contributed by atoms with van der Waals surface area (Å²) in [6.07, 6.45) is -0.699. The zero-order valence-electron chi connectivity index (χ0n) is 11.4. The molecule has 0 radical (unpaired) electrons. The van der Waals surface area contributed by atoms with E-state index in [9.17, 15) is 5.11 Å². The number of rotatable bonds is 2. The molecule has 0 aliphatic rings. The minimum absolute atomic E-state index is 0.645. The molecular formula is C16H16N2OS. The molecule has 0 fully saturated rings. The van der Waals surface area contributed by atoms with Crippen LogP contribution < -0.4 is 5.73 Å². The first-order valence-electron chi connectivity index (χ1n) is 6.47. The predicted octanol–water partition coefficient (Wildman–Crippen LogP) is 3.58. The molecule has 0 aliphatic heterocycles. The van der Waals surface area contributed by atoms with Gasteiger partial charge in [0, 0.05) is 11.1 Å². The summed E-state index contributed by atoms with van der Waals surface area (Å²) in [5.74, 6) is 0. The first-order valence-corrected chi connectivity index (χ1v) is 7.28. The molecule has 0 saturated heterocycles. The van der Waals surface area contributed by atoms with E-state index >= 15 is 0 Å². The SMILES string of the molecule is Cc1cc(C)c2c(N)c([C@@H](O)c3ccccc3)sc2n1. The van der Waals surface area contributed by atoms with Crippen molar-refractivity contribution in [2.24, 2.45) is 0 Å². The lowest BCUT2D eigenvalue weighted by atomic mass is 10.1. The van der Waals surface area contributed by atoms with Gasteiger partial charge >= 0.3 is 0 Å². The van der Waals surface area contributed by atoms with Crippen LogP contribution in [0.3, 0.4) is 0 Å². The number of aliphatic hydroxyl groups is 1. The molecule has 0 amide bonds. The molecule has 3 nitrogen and oxygen atoms in total. The van der Waals surface area contributed by atoms with Gasteiger partial charge in [-0.05, 0) is 31.0 Å². The van der Waals surface area contributed by atoms with E-state index in [0.717, 1.165) is 31.9 Å². The van der Waals surface area contributed by atoms with E-state index in [-0.39, 0.29) is 0 Å². The van der Waals surface area contributed by atoms with Gasteiger partial charge in [-0.1, -0.05) is 30.3 Å². The number of pyridine rings is 1. The zero-order valence-corrected chi connectivity index (χ0v) is 12.2. The minimum atomic E-state index is -0.699. The first-order chi connectivity index (χ1) is 9.58. The molecule has 3 rings (SSSR count). The molecule has 20 heavy (non-hydrogen) atoms. The molecule has 3 N–H and O–H groups in total. The Morgan fingerprint density at radius 3 is 2.60 bits per heavy atom. The Bertz CT molecular complexity index is 765. The Hall–Kier alpha value is -1.91. The molecule has 3 aromatic rings. The summed E-state index contributed by atoms with van der Waals surface area (Å²) in [7, 11) is 0. The van der Waals surface area contributed by atoms with Gasteiger partial charge < -0.3 is 10.8 Å². The topological polar surface area (TPSA) is 59.1 Å². The highest BCUT2D eigenvalue weighted by Crippen LogP contribution is 2.40. The van der Waals surface area contributed by atoms with Gasteiger partial charge in [0.15, 0.2) is 0 Å². The van der Waals surface area contributed by atoms with Crippen molar-refractivity contribution < 1.29 is 5.11 Å². The van der Waals surface area contributed by atoms with Crippen molar-refractivity contribution in [2.75, 3.05) is 5.73 Å². The van der Waals surface area contributed by atoms with Gasteiger partial charge in [0.05, 0.1) is 10.6 Å². The molecule has 2 aromatic heterocycles.